The maximum absolute atomic E-state index is 12.0. The number of carbonyl (C=O) groups excluding carboxylic acids is 1. The fraction of sp³-hybridized carbons (Fsp3) is 0.500. The highest BCUT2D eigenvalue weighted by Gasteiger charge is 2.20. The lowest BCUT2D eigenvalue weighted by atomic mass is 10.1. The molecule has 1 atom stereocenters. The van der Waals surface area contributed by atoms with Gasteiger partial charge in [0, 0.05) is 19.3 Å². The molecule has 0 bridgehead atoms. The maximum atomic E-state index is 12.0. The highest BCUT2D eigenvalue weighted by atomic mass is 16.3. The molecule has 0 aliphatic rings. The molecule has 1 amide bonds. The number of pyridine rings is 1. The molecular weight excluding hydrogens is 204 g/mol. The van der Waals surface area contributed by atoms with E-state index in [4.69, 9.17) is 0 Å². The molecule has 1 aromatic rings. The molecular formula is C12H18N2O2. The van der Waals surface area contributed by atoms with Crippen LogP contribution in [0.4, 0.5) is 0 Å². The third-order valence-corrected chi connectivity index (χ3v) is 2.68. The molecule has 4 nitrogen and oxygen atoms in total. The Hall–Kier alpha value is -1.58. The summed E-state index contributed by atoms with van der Waals surface area (Å²) < 4.78 is 0. The minimum atomic E-state index is -0.237. The van der Waals surface area contributed by atoms with Crippen molar-refractivity contribution in [3.8, 4) is 5.75 Å². The van der Waals surface area contributed by atoms with Gasteiger partial charge in [0.25, 0.3) is 5.91 Å². The van der Waals surface area contributed by atoms with Crippen LogP contribution in [0.3, 0.4) is 0 Å². The molecule has 88 valence electrons. The summed E-state index contributed by atoms with van der Waals surface area (Å²) in [5, 5.41) is 9.53. The van der Waals surface area contributed by atoms with Gasteiger partial charge in [0.1, 0.15) is 5.75 Å². The van der Waals surface area contributed by atoms with Crippen molar-refractivity contribution in [1.29, 1.82) is 0 Å². The Morgan fingerprint density at radius 3 is 2.88 bits per heavy atom. The fourth-order valence-electron chi connectivity index (χ4n) is 1.54. The van der Waals surface area contributed by atoms with Crippen molar-refractivity contribution in [3.05, 3.63) is 24.0 Å². The van der Waals surface area contributed by atoms with Gasteiger partial charge in [-0.25, -0.2) is 4.98 Å². The third kappa shape index (κ3) is 2.72. The van der Waals surface area contributed by atoms with E-state index < -0.39 is 0 Å². The van der Waals surface area contributed by atoms with Gasteiger partial charge in [0.15, 0.2) is 5.69 Å². The van der Waals surface area contributed by atoms with Crippen LogP contribution in [0.15, 0.2) is 18.3 Å². The zero-order chi connectivity index (χ0) is 12.1. The maximum Gasteiger partial charge on any atom is 0.276 e. The standard InChI is InChI=1S/C12H18N2O2/c1-4-6-9(2)14(3)12(16)11-10(15)7-5-8-13-11/h5,7-9,15H,4,6H2,1-3H3. The normalized spacial score (nSPS) is 12.2. The summed E-state index contributed by atoms with van der Waals surface area (Å²) >= 11 is 0. The lowest BCUT2D eigenvalue weighted by Gasteiger charge is -2.24. The van der Waals surface area contributed by atoms with Gasteiger partial charge in [0.2, 0.25) is 0 Å². The van der Waals surface area contributed by atoms with Crippen LogP contribution in [-0.4, -0.2) is 34.0 Å². The Balaban J connectivity index is 2.82. The molecule has 0 fully saturated rings. The van der Waals surface area contributed by atoms with E-state index in [1.54, 1.807) is 18.0 Å². The van der Waals surface area contributed by atoms with Gasteiger partial charge in [-0.2, -0.15) is 0 Å². The van der Waals surface area contributed by atoms with Gasteiger partial charge in [0.05, 0.1) is 0 Å². The van der Waals surface area contributed by atoms with Crippen LogP contribution in [0.5, 0.6) is 5.75 Å². The van der Waals surface area contributed by atoms with Gasteiger partial charge >= 0.3 is 0 Å². The molecule has 0 aromatic carbocycles. The van der Waals surface area contributed by atoms with Crippen molar-refractivity contribution in [3.63, 3.8) is 0 Å². The smallest absolute Gasteiger partial charge is 0.276 e. The van der Waals surface area contributed by atoms with E-state index in [2.05, 4.69) is 11.9 Å². The lowest BCUT2D eigenvalue weighted by Crippen LogP contribution is -2.35. The highest BCUT2D eigenvalue weighted by molar-refractivity contribution is 5.94. The van der Waals surface area contributed by atoms with Crippen molar-refractivity contribution in [1.82, 2.24) is 9.88 Å². The minimum absolute atomic E-state index is 0.0666. The van der Waals surface area contributed by atoms with Gasteiger partial charge < -0.3 is 10.0 Å². The molecule has 0 aliphatic carbocycles. The van der Waals surface area contributed by atoms with Gasteiger partial charge in [-0.15, -0.1) is 0 Å². The molecule has 0 saturated heterocycles. The van der Waals surface area contributed by atoms with E-state index in [0.717, 1.165) is 12.8 Å². The summed E-state index contributed by atoms with van der Waals surface area (Å²) in [5.74, 6) is -0.304. The first-order valence-corrected chi connectivity index (χ1v) is 5.49. The average molecular weight is 222 g/mol. The number of carbonyl (C=O) groups is 1. The highest BCUT2D eigenvalue weighted by Crippen LogP contribution is 2.16. The van der Waals surface area contributed by atoms with E-state index in [9.17, 15) is 9.90 Å². The van der Waals surface area contributed by atoms with Gasteiger partial charge in [-0.05, 0) is 25.5 Å². The molecule has 0 saturated carbocycles. The monoisotopic (exact) mass is 222 g/mol. The van der Waals surface area contributed by atoms with Gasteiger partial charge in [-0.1, -0.05) is 13.3 Å². The summed E-state index contributed by atoms with van der Waals surface area (Å²) in [4.78, 5) is 17.5. The molecule has 4 heteroatoms. The van der Waals surface area contributed by atoms with Crippen molar-refractivity contribution in [2.75, 3.05) is 7.05 Å². The molecule has 1 N–H and O–H groups in total. The Labute approximate surface area is 95.9 Å². The number of aromatic hydroxyl groups is 1. The van der Waals surface area contributed by atoms with E-state index in [-0.39, 0.29) is 23.4 Å². The first-order valence-electron chi connectivity index (χ1n) is 5.49. The number of hydrogen-bond acceptors (Lipinski definition) is 3. The number of rotatable bonds is 4. The van der Waals surface area contributed by atoms with E-state index in [1.165, 1.54) is 12.3 Å². The van der Waals surface area contributed by atoms with Gasteiger partial charge in [-0.3, -0.25) is 4.79 Å². The summed E-state index contributed by atoms with van der Waals surface area (Å²) in [6.07, 6.45) is 3.47. The van der Waals surface area contributed by atoms with Crippen molar-refractivity contribution in [2.45, 2.75) is 32.7 Å². The van der Waals surface area contributed by atoms with Crippen LogP contribution >= 0.6 is 0 Å². The fourth-order valence-corrected chi connectivity index (χ4v) is 1.54. The van der Waals surface area contributed by atoms with Crippen LogP contribution in [0.2, 0.25) is 0 Å². The summed E-state index contributed by atoms with van der Waals surface area (Å²) in [5.41, 5.74) is 0.118. The molecule has 1 heterocycles. The SMILES string of the molecule is CCCC(C)N(C)C(=O)c1ncccc1O. The predicted molar refractivity (Wildman–Crippen MR) is 62.4 cm³/mol. The average Bonchev–Trinajstić information content (AvgIpc) is 2.28. The molecule has 1 unspecified atom stereocenters. The number of hydrogen-bond donors (Lipinski definition) is 1. The largest absolute Gasteiger partial charge is 0.505 e. The molecule has 0 spiro atoms. The van der Waals surface area contributed by atoms with Crippen LogP contribution in [-0.2, 0) is 0 Å². The van der Waals surface area contributed by atoms with E-state index >= 15 is 0 Å². The Morgan fingerprint density at radius 1 is 1.62 bits per heavy atom. The van der Waals surface area contributed by atoms with Crippen molar-refractivity contribution >= 4 is 5.91 Å². The van der Waals surface area contributed by atoms with Crippen LogP contribution < -0.4 is 0 Å². The zero-order valence-corrected chi connectivity index (χ0v) is 9.97. The summed E-state index contributed by atoms with van der Waals surface area (Å²) in [6, 6.07) is 3.22. The van der Waals surface area contributed by atoms with E-state index in [1.807, 2.05) is 6.92 Å². The minimum Gasteiger partial charge on any atom is -0.505 e. The summed E-state index contributed by atoms with van der Waals surface area (Å²) in [6.45, 7) is 4.06. The Kier molecular flexibility index (Phi) is 4.28. The predicted octanol–water partition coefficient (Wildman–Crippen LogP) is 2.05. The molecule has 1 rings (SSSR count). The van der Waals surface area contributed by atoms with Crippen molar-refractivity contribution in [2.24, 2.45) is 0 Å². The third-order valence-electron chi connectivity index (χ3n) is 2.68. The van der Waals surface area contributed by atoms with Crippen molar-refractivity contribution < 1.29 is 9.90 Å². The molecule has 0 aliphatic heterocycles. The summed E-state index contributed by atoms with van der Waals surface area (Å²) in [7, 11) is 1.73. The lowest BCUT2D eigenvalue weighted by molar-refractivity contribution is 0.0727. The van der Waals surface area contributed by atoms with E-state index in [0.29, 0.717) is 0 Å². The quantitative estimate of drug-likeness (QED) is 0.848. The second kappa shape index (κ2) is 5.49. The van der Waals surface area contributed by atoms with Crippen LogP contribution in [0, 0.1) is 0 Å². The van der Waals surface area contributed by atoms with Crippen LogP contribution in [0.25, 0.3) is 0 Å². The Morgan fingerprint density at radius 2 is 2.31 bits per heavy atom. The topological polar surface area (TPSA) is 53.4 Å². The Bertz CT molecular complexity index is 366. The molecule has 0 radical (unpaired) electrons. The number of amides is 1. The molecule has 16 heavy (non-hydrogen) atoms. The number of aromatic nitrogens is 1. The second-order valence-corrected chi connectivity index (χ2v) is 3.92. The number of nitrogens with zero attached hydrogens (tertiary/aromatic N) is 2. The molecule has 1 aromatic heterocycles. The first kappa shape index (κ1) is 12.5. The zero-order valence-electron chi connectivity index (χ0n) is 9.97. The second-order valence-electron chi connectivity index (χ2n) is 3.92. The first-order chi connectivity index (χ1) is 7.57. The van der Waals surface area contributed by atoms with Crippen LogP contribution in [0.1, 0.15) is 37.2 Å².